The summed E-state index contributed by atoms with van der Waals surface area (Å²) in [7, 11) is -3.56. The number of benzene rings is 3. The number of carbonyl (C=O) groups is 1. The molecule has 3 aromatic rings. The molecule has 0 unspecified atom stereocenters. The van der Waals surface area contributed by atoms with Crippen LogP contribution in [0.1, 0.15) is 11.6 Å². The second-order valence-corrected chi connectivity index (χ2v) is 10.3. The Bertz CT molecular complexity index is 1280. The number of ether oxygens (including phenoxy) is 2. The zero-order valence-corrected chi connectivity index (χ0v) is 20.0. The van der Waals surface area contributed by atoms with E-state index in [2.05, 4.69) is 5.32 Å². The first kappa shape index (κ1) is 23.3. The lowest BCUT2D eigenvalue weighted by Crippen LogP contribution is -2.43. The van der Waals surface area contributed by atoms with Crippen LogP contribution in [0.4, 0.5) is 11.4 Å². The number of hydrogen-bond acceptors (Lipinski definition) is 6. The topological polar surface area (TPSA) is 88.2 Å². The van der Waals surface area contributed by atoms with Crippen LogP contribution in [0.15, 0.2) is 83.8 Å². The molecule has 2 heterocycles. The van der Waals surface area contributed by atoms with Crippen molar-refractivity contribution in [1.82, 2.24) is 4.31 Å². The molecule has 9 heteroatoms. The Kier molecular flexibility index (Phi) is 6.72. The summed E-state index contributed by atoms with van der Waals surface area (Å²) in [5.41, 5.74) is 2.39. The molecule has 1 N–H and O–H groups in total. The maximum Gasteiger partial charge on any atom is 0.247 e. The zero-order chi connectivity index (χ0) is 24.3. The largest absolute Gasteiger partial charge is 0.489 e. The van der Waals surface area contributed by atoms with E-state index < -0.39 is 10.0 Å². The number of amides is 1. The standard InChI is InChI=1S/C26H27N3O5S/c30-26(18-27-21-10-12-22(13-11-21)35(31,32)28-14-16-33-17-15-28)29-23-8-4-5-9-25(23)34-19-24(29)20-6-2-1-3-7-20/h1-13,24,27H,14-19H2/t24-/m0/s1. The monoisotopic (exact) mass is 493 g/mol. The molecule has 0 aliphatic carbocycles. The Morgan fingerprint density at radius 1 is 0.914 bits per heavy atom. The minimum absolute atomic E-state index is 0.0488. The number of fused-ring (bicyclic) bond motifs is 1. The molecule has 2 aliphatic rings. The molecule has 35 heavy (non-hydrogen) atoms. The van der Waals surface area contributed by atoms with Gasteiger partial charge in [-0.05, 0) is 42.0 Å². The highest BCUT2D eigenvalue weighted by molar-refractivity contribution is 7.89. The van der Waals surface area contributed by atoms with Crippen molar-refractivity contribution < 1.29 is 22.7 Å². The van der Waals surface area contributed by atoms with Crippen molar-refractivity contribution in [2.45, 2.75) is 10.9 Å². The summed E-state index contributed by atoms with van der Waals surface area (Å²) in [6, 6.07) is 23.6. The Morgan fingerprint density at radius 3 is 2.34 bits per heavy atom. The van der Waals surface area contributed by atoms with Gasteiger partial charge in [0.25, 0.3) is 0 Å². The van der Waals surface area contributed by atoms with E-state index in [1.165, 1.54) is 4.31 Å². The van der Waals surface area contributed by atoms with Crippen LogP contribution in [-0.2, 0) is 19.6 Å². The lowest BCUT2D eigenvalue weighted by Gasteiger charge is -2.37. The number of morpholine rings is 1. The van der Waals surface area contributed by atoms with Crippen LogP contribution < -0.4 is 15.0 Å². The minimum Gasteiger partial charge on any atom is -0.489 e. The van der Waals surface area contributed by atoms with Crippen LogP contribution in [-0.4, -0.2) is 58.1 Å². The second-order valence-electron chi connectivity index (χ2n) is 8.36. The molecular formula is C26H27N3O5S. The molecule has 1 saturated heterocycles. The van der Waals surface area contributed by atoms with Gasteiger partial charge in [-0.1, -0.05) is 42.5 Å². The Labute approximate surface area is 205 Å². The average molecular weight is 494 g/mol. The maximum atomic E-state index is 13.4. The van der Waals surface area contributed by atoms with E-state index >= 15 is 0 Å². The summed E-state index contributed by atoms with van der Waals surface area (Å²) in [6.07, 6.45) is 0. The van der Waals surface area contributed by atoms with Gasteiger partial charge in [-0.3, -0.25) is 9.69 Å². The van der Waals surface area contributed by atoms with Crippen LogP contribution in [0.2, 0.25) is 0 Å². The zero-order valence-electron chi connectivity index (χ0n) is 19.2. The van der Waals surface area contributed by atoms with Crippen molar-refractivity contribution >= 4 is 27.3 Å². The van der Waals surface area contributed by atoms with Crippen molar-refractivity contribution in [3.63, 3.8) is 0 Å². The number of rotatable bonds is 6. The lowest BCUT2D eigenvalue weighted by molar-refractivity contribution is -0.117. The number of sulfonamides is 1. The van der Waals surface area contributed by atoms with E-state index in [1.807, 2.05) is 54.6 Å². The third-order valence-electron chi connectivity index (χ3n) is 6.19. The highest BCUT2D eigenvalue weighted by Gasteiger charge is 2.33. The smallest absolute Gasteiger partial charge is 0.247 e. The molecule has 182 valence electrons. The first-order valence-corrected chi connectivity index (χ1v) is 13.0. The van der Waals surface area contributed by atoms with Crippen LogP contribution in [0.5, 0.6) is 5.75 Å². The predicted octanol–water partition coefficient (Wildman–Crippen LogP) is 3.29. The van der Waals surface area contributed by atoms with E-state index in [0.717, 1.165) is 11.3 Å². The molecule has 0 saturated carbocycles. The van der Waals surface area contributed by atoms with Gasteiger partial charge in [-0.15, -0.1) is 0 Å². The molecule has 0 aromatic heterocycles. The molecule has 0 spiro atoms. The molecular weight excluding hydrogens is 466 g/mol. The minimum atomic E-state index is -3.56. The van der Waals surface area contributed by atoms with Crippen molar-refractivity contribution in [3.05, 3.63) is 84.4 Å². The average Bonchev–Trinajstić information content (AvgIpc) is 2.92. The number of nitrogens with zero attached hydrogens (tertiary/aromatic N) is 2. The molecule has 2 aliphatic heterocycles. The van der Waals surface area contributed by atoms with Gasteiger partial charge in [0, 0.05) is 18.8 Å². The summed E-state index contributed by atoms with van der Waals surface area (Å²) >= 11 is 0. The fourth-order valence-corrected chi connectivity index (χ4v) is 5.77. The van der Waals surface area contributed by atoms with Crippen LogP contribution in [0.25, 0.3) is 0 Å². The van der Waals surface area contributed by atoms with E-state index in [0.29, 0.717) is 44.3 Å². The van der Waals surface area contributed by atoms with Crippen LogP contribution in [0, 0.1) is 0 Å². The molecule has 1 fully saturated rings. The van der Waals surface area contributed by atoms with Gasteiger partial charge < -0.3 is 14.8 Å². The fraction of sp³-hybridized carbons (Fsp3) is 0.269. The highest BCUT2D eigenvalue weighted by atomic mass is 32.2. The summed E-state index contributed by atoms with van der Waals surface area (Å²) in [5, 5.41) is 3.14. The van der Waals surface area contributed by atoms with Gasteiger partial charge in [-0.2, -0.15) is 4.31 Å². The highest BCUT2D eigenvalue weighted by Crippen LogP contribution is 2.39. The number of para-hydroxylation sites is 2. The first-order chi connectivity index (χ1) is 17.0. The summed E-state index contributed by atoms with van der Waals surface area (Å²) < 4.78 is 38.3. The molecule has 5 rings (SSSR count). The van der Waals surface area contributed by atoms with Crippen molar-refractivity contribution in [1.29, 1.82) is 0 Å². The van der Waals surface area contributed by atoms with Crippen molar-refractivity contribution in [3.8, 4) is 5.75 Å². The molecule has 1 atom stereocenters. The van der Waals surface area contributed by atoms with E-state index in [4.69, 9.17) is 9.47 Å². The maximum absolute atomic E-state index is 13.4. The summed E-state index contributed by atoms with van der Waals surface area (Å²) in [4.78, 5) is 15.4. The van der Waals surface area contributed by atoms with E-state index in [9.17, 15) is 13.2 Å². The number of anilines is 2. The number of nitrogens with one attached hydrogen (secondary N) is 1. The van der Waals surface area contributed by atoms with Crippen molar-refractivity contribution in [2.24, 2.45) is 0 Å². The molecule has 8 nitrogen and oxygen atoms in total. The molecule has 1 amide bonds. The van der Waals surface area contributed by atoms with Gasteiger partial charge in [0.15, 0.2) is 0 Å². The third kappa shape index (κ3) is 4.88. The molecule has 0 bridgehead atoms. The normalized spacial score (nSPS) is 18.4. The summed E-state index contributed by atoms with van der Waals surface area (Å²) in [6.45, 7) is 1.90. The SMILES string of the molecule is O=C(CNc1ccc(S(=O)(=O)N2CCOCC2)cc1)N1c2ccccc2OC[C@H]1c1ccccc1. The number of hydrogen-bond donors (Lipinski definition) is 1. The fourth-order valence-electron chi connectivity index (χ4n) is 4.36. The van der Waals surface area contributed by atoms with Gasteiger partial charge in [0.2, 0.25) is 15.9 Å². The molecule has 3 aromatic carbocycles. The second kappa shape index (κ2) is 10.1. The lowest BCUT2D eigenvalue weighted by atomic mass is 10.0. The Hall–Kier alpha value is -3.40. The van der Waals surface area contributed by atoms with Gasteiger partial charge in [-0.25, -0.2) is 8.42 Å². The van der Waals surface area contributed by atoms with Gasteiger partial charge in [0.1, 0.15) is 12.4 Å². The Morgan fingerprint density at radius 2 is 1.60 bits per heavy atom. The number of carbonyl (C=O) groups excluding carboxylic acids is 1. The van der Waals surface area contributed by atoms with Gasteiger partial charge in [0.05, 0.1) is 36.4 Å². The first-order valence-electron chi connectivity index (χ1n) is 11.5. The van der Waals surface area contributed by atoms with E-state index in [1.54, 1.807) is 29.2 Å². The Balaban J connectivity index is 1.31. The summed E-state index contributed by atoms with van der Waals surface area (Å²) in [5.74, 6) is 0.560. The third-order valence-corrected chi connectivity index (χ3v) is 8.10. The van der Waals surface area contributed by atoms with Crippen molar-refractivity contribution in [2.75, 3.05) is 49.7 Å². The predicted molar refractivity (Wildman–Crippen MR) is 133 cm³/mol. The quantitative estimate of drug-likeness (QED) is 0.567. The van der Waals surface area contributed by atoms with Crippen LogP contribution >= 0.6 is 0 Å². The van der Waals surface area contributed by atoms with E-state index in [-0.39, 0.29) is 23.4 Å². The van der Waals surface area contributed by atoms with Crippen LogP contribution in [0.3, 0.4) is 0 Å². The van der Waals surface area contributed by atoms with Gasteiger partial charge >= 0.3 is 0 Å². The molecule has 0 radical (unpaired) electrons.